The van der Waals surface area contributed by atoms with E-state index in [0.717, 1.165) is 12.0 Å². The van der Waals surface area contributed by atoms with Crippen LogP contribution in [0.1, 0.15) is 22.3 Å². The lowest BCUT2D eigenvalue weighted by Gasteiger charge is -2.08. The molecule has 0 saturated heterocycles. The molecule has 0 bridgehead atoms. The molecule has 2 aromatic carbocycles. The number of hydrogen-bond acceptors (Lipinski definition) is 3. The molecule has 0 spiro atoms. The first-order valence-electron chi connectivity index (χ1n) is 6.65. The topological polar surface area (TPSA) is 75.4 Å². The Hall–Kier alpha value is -2.04. The molecule has 0 saturated carbocycles. The van der Waals surface area contributed by atoms with E-state index in [2.05, 4.69) is 5.32 Å². The van der Waals surface area contributed by atoms with Gasteiger partial charge < -0.3 is 16.2 Å². The smallest absolute Gasteiger partial charge is 0.255 e. The number of hydrogen-bond donors (Lipinski definition) is 3. The van der Waals surface area contributed by atoms with Gasteiger partial charge in [0, 0.05) is 28.6 Å². The van der Waals surface area contributed by atoms with Gasteiger partial charge in [0.15, 0.2) is 0 Å². The fourth-order valence-electron chi connectivity index (χ4n) is 2.03. The van der Waals surface area contributed by atoms with E-state index in [1.54, 1.807) is 18.2 Å². The van der Waals surface area contributed by atoms with Crippen molar-refractivity contribution in [3.63, 3.8) is 0 Å². The van der Waals surface area contributed by atoms with Crippen molar-refractivity contribution in [1.29, 1.82) is 0 Å². The van der Waals surface area contributed by atoms with Crippen LogP contribution in [0.3, 0.4) is 0 Å². The number of carbonyl (C=O) groups excluding carboxylic acids is 1. The molecule has 0 aliphatic carbocycles. The zero-order valence-electron chi connectivity index (χ0n) is 11.5. The van der Waals surface area contributed by atoms with Crippen molar-refractivity contribution >= 4 is 28.9 Å². The molecule has 5 heteroatoms. The third-order valence-electron chi connectivity index (χ3n) is 2.99. The molecule has 0 aromatic heterocycles. The van der Waals surface area contributed by atoms with Crippen molar-refractivity contribution in [2.75, 3.05) is 17.7 Å². The number of aliphatic hydroxyl groups excluding tert-OH is 1. The van der Waals surface area contributed by atoms with Gasteiger partial charge in [0.2, 0.25) is 0 Å². The molecule has 21 heavy (non-hydrogen) atoms. The third kappa shape index (κ3) is 4.48. The van der Waals surface area contributed by atoms with Crippen LogP contribution in [0.25, 0.3) is 0 Å². The van der Waals surface area contributed by atoms with Gasteiger partial charge >= 0.3 is 0 Å². The maximum Gasteiger partial charge on any atom is 0.255 e. The van der Waals surface area contributed by atoms with Crippen molar-refractivity contribution in [3.8, 4) is 0 Å². The summed E-state index contributed by atoms with van der Waals surface area (Å²) < 4.78 is 0. The molecule has 2 aromatic rings. The Morgan fingerprint density at radius 3 is 2.76 bits per heavy atom. The highest BCUT2D eigenvalue weighted by Crippen LogP contribution is 2.19. The van der Waals surface area contributed by atoms with Crippen molar-refractivity contribution < 1.29 is 9.90 Å². The monoisotopic (exact) mass is 304 g/mol. The van der Waals surface area contributed by atoms with Gasteiger partial charge in [-0.15, -0.1) is 0 Å². The van der Waals surface area contributed by atoms with E-state index in [-0.39, 0.29) is 12.5 Å². The number of nitrogen functional groups attached to an aromatic ring is 1. The summed E-state index contributed by atoms with van der Waals surface area (Å²) in [5.74, 6) is -0.261. The average Bonchev–Trinajstić information content (AvgIpc) is 2.44. The Morgan fingerprint density at radius 1 is 1.24 bits per heavy atom. The van der Waals surface area contributed by atoms with Crippen LogP contribution in [0, 0.1) is 0 Å². The standard InChI is InChI=1S/C16H17ClN2O2/c17-13-8-12(9-14(18)10-13)16(21)19-15-5-1-3-11(7-15)4-2-6-20/h1,3,5,7-10,20H,2,4,6,18H2,(H,19,21). The van der Waals surface area contributed by atoms with Crippen LogP contribution in [0.15, 0.2) is 42.5 Å². The van der Waals surface area contributed by atoms with Gasteiger partial charge in [-0.2, -0.15) is 0 Å². The maximum absolute atomic E-state index is 12.2. The summed E-state index contributed by atoms with van der Waals surface area (Å²) in [5.41, 5.74) is 8.31. The zero-order chi connectivity index (χ0) is 15.2. The molecule has 1 amide bonds. The molecule has 0 radical (unpaired) electrons. The molecule has 2 rings (SSSR count). The van der Waals surface area contributed by atoms with E-state index in [0.29, 0.717) is 28.4 Å². The summed E-state index contributed by atoms with van der Waals surface area (Å²) in [6.07, 6.45) is 1.46. The van der Waals surface area contributed by atoms with Crippen molar-refractivity contribution in [2.45, 2.75) is 12.8 Å². The summed E-state index contributed by atoms with van der Waals surface area (Å²) in [5, 5.41) is 12.1. The van der Waals surface area contributed by atoms with E-state index in [1.165, 1.54) is 0 Å². The number of aryl methyl sites for hydroxylation is 1. The highest BCUT2D eigenvalue weighted by Gasteiger charge is 2.08. The number of aliphatic hydroxyl groups is 1. The lowest BCUT2D eigenvalue weighted by atomic mass is 10.1. The number of anilines is 2. The second-order valence-corrected chi connectivity index (χ2v) is 5.19. The molecule has 4 N–H and O–H groups in total. The van der Waals surface area contributed by atoms with E-state index in [1.807, 2.05) is 24.3 Å². The molecular formula is C16H17ClN2O2. The molecular weight excluding hydrogens is 288 g/mol. The first-order valence-corrected chi connectivity index (χ1v) is 7.03. The Morgan fingerprint density at radius 2 is 2.05 bits per heavy atom. The Balaban J connectivity index is 2.11. The quantitative estimate of drug-likeness (QED) is 0.743. The minimum Gasteiger partial charge on any atom is -0.399 e. The van der Waals surface area contributed by atoms with Crippen LogP contribution in [0.4, 0.5) is 11.4 Å². The van der Waals surface area contributed by atoms with Gasteiger partial charge in [0.25, 0.3) is 5.91 Å². The fourth-order valence-corrected chi connectivity index (χ4v) is 2.28. The second kappa shape index (κ2) is 7.11. The summed E-state index contributed by atoms with van der Waals surface area (Å²) in [7, 11) is 0. The van der Waals surface area contributed by atoms with Crippen molar-refractivity contribution in [3.05, 3.63) is 58.6 Å². The van der Waals surface area contributed by atoms with E-state index in [9.17, 15) is 4.79 Å². The Kier molecular flexibility index (Phi) is 5.20. The third-order valence-corrected chi connectivity index (χ3v) is 3.21. The largest absolute Gasteiger partial charge is 0.399 e. The van der Waals surface area contributed by atoms with Gasteiger partial charge in [-0.05, 0) is 48.7 Å². The second-order valence-electron chi connectivity index (χ2n) is 4.75. The van der Waals surface area contributed by atoms with Crippen LogP contribution in [-0.2, 0) is 6.42 Å². The average molecular weight is 305 g/mol. The first kappa shape index (κ1) is 15.4. The summed E-state index contributed by atoms with van der Waals surface area (Å²) in [4.78, 5) is 12.2. The van der Waals surface area contributed by atoms with Crippen LogP contribution in [0.5, 0.6) is 0 Å². The van der Waals surface area contributed by atoms with E-state index < -0.39 is 0 Å². The molecule has 110 valence electrons. The lowest BCUT2D eigenvalue weighted by molar-refractivity contribution is 0.102. The maximum atomic E-state index is 12.2. The van der Waals surface area contributed by atoms with Gasteiger partial charge in [0.1, 0.15) is 0 Å². The lowest BCUT2D eigenvalue weighted by Crippen LogP contribution is -2.12. The molecule has 0 unspecified atom stereocenters. The number of nitrogens with two attached hydrogens (primary N) is 1. The molecule has 0 aliphatic heterocycles. The highest BCUT2D eigenvalue weighted by atomic mass is 35.5. The van der Waals surface area contributed by atoms with Gasteiger partial charge in [-0.3, -0.25) is 4.79 Å². The molecule has 0 aliphatic rings. The van der Waals surface area contributed by atoms with Gasteiger partial charge in [-0.25, -0.2) is 0 Å². The Bertz CT molecular complexity index is 624. The van der Waals surface area contributed by atoms with Crippen LogP contribution >= 0.6 is 11.6 Å². The predicted octanol–water partition coefficient (Wildman–Crippen LogP) is 3.10. The summed E-state index contributed by atoms with van der Waals surface area (Å²) in [6.45, 7) is 0.151. The van der Waals surface area contributed by atoms with Crippen LogP contribution in [-0.4, -0.2) is 17.6 Å². The van der Waals surface area contributed by atoms with E-state index in [4.69, 9.17) is 22.4 Å². The fraction of sp³-hybridized carbons (Fsp3) is 0.188. The zero-order valence-corrected chi connectivity index (χ0v) is 12.2. The number of benzene rings is 2. The molecule has 0 atom stereocenters. The predicted molar refractivity (Wildman–Crippen MR) is 85.7 cm³/mol. The highest BCUT2D eigenvalue weighted by molar-refractivity contribution is 6.31. The van der Waals surface area contributed by atoms with Crippen molar-refractivity contribution in [1.82, 2.24) is 0 Å². The molecule has 4 nitrogen and oxygen atoms in total. The van der Waals surface area contributed by atoms with Crippen LogP contribution < -0.4 is 11.1 Å². The van der Waals surface area contributed by atoms with E-state index >= 15 is 0 Å². The summed E-state index contributed by atoms with van der Waals surface area (Å²) >= 11 is 5.90. The first-order chi connectivity index (χ1) is 10.1. The van der Waals surface area contributed by atoms with Gasteiger partial charge in [0.05, 0.1) is 0 Å². The Labute approximate surface area is 128 Å². The molecule has 0 heterocycles. The number of halogens is 1. The van der Waals surface area contributed by atoms with Crippen molar-refractivity contribution in [2.24, 2.45) is 0 Å². The molecule has 0 fully saturated rings. The summed E-state index contributed by atoms with van der Waals surface area (Å²) in [6, 6.07) is 12.3. The minimum atomic E-state index is -0.261. The minimum absolute atomic E-state index is 0.151. The number of carbonyl (C=O) groups is 1. The van der Waals surface area contributed by atoms with Crippen LogP contribution in [0.2, 0.25) is 5.02 Å². The number of nitrogens with one attached hydrogen (secondary N) is 1. The van der Waals surface area contributed by atoms with Gasteiger partial charge in [-0.1, -0.05) is 23.7 Å². The normalized spacial score (nSPS) is 10.4. The number of rotatable bonds is 5. The SMILES string of the molecule is Nc1cc(Cl)cc(C(=O)Nc2cccc(CCCO)c2)c1. The number of amides is 1.